The van der Waals surface area contributed by atoms with Crippen LogP contribution in [0, 0.1) is 24.0 Å². The zero-order valence-electron chi connectivity index (χ0n) is 16.5. The van der Waals surface area contributed by atoms with E-state index in [0.29, 0.717) is 17.9 Å². The first-order valence-corrected chi connectivity index (χ1v) is 9.01. The van der Waals surface area contributed by atoms with Crippen LogP contribution in [-0.4, -0.2) is 37.5 Å². The predicted molar refractivity (Wildman–Crippen MR) is 106 cm³/mol. The normalized spacial score (nSPS) is 10.7. The first-order chi connectivity index (χ1) is 13.9. The minimum atomic E-state index is -0.521. The average molecular weight is 398 g/mol. The van der Waals surface area contributed by atoms with Gasteiger partial charge in [-0.15, -0.1) is 0 Å². The van der Waals surface area contributed by atoms with E-state index in [1.165, 1.54) is 10.9 Å². The van der Waals surface area contributed by atoms with Gasteiger partial charge in [-0.05, 0) is 31.5 Å². The minimum Gasteiger partial charge on any atom is -0.497 e. The molecule has 1 amide bonds. The summed E-state index contributed by atoms with van der Waals surface area (Å²) in [5.74, 6) is 0.562. The van der Waals surface area contributed by atoms with Crippen LogP contribution in [-0.2, 0) is 17.9 Å². The standard InChI is InChI=1S/C19H22N6O4/c1-13-19(21-18(26)7-8-23-12-16(10-20-23)25(27)28)14(2)24(22-13)11-15-5-4-6-17(9-15)29-3/h4-6,9-10,12H,7-8,11H2,1-3H3,(H,21,26). The van der Waals surface area contributed by atoms with E-state index < -0.39 is 4.92 Å². The van der Waals surface area contributed by atoms with Crippen molar-refractivity contribution in [3.8, 4) is 5.75 Å². The van der Waals surface area contributed by atoms with Gasteiger partial charge >= 0.3 is 5.69 Å². The van der Waals surface area contributed by atoms with Gasteiger partial charge < -0.3 is 10.1 Å². The second-order valence-corrected chi connectivity index (χ2v) is 6.57. The molecule has 0 aliphatic rings. The summed E-state index contributed by atoms with van der Waals surface area (Å²) < 4.78 is 8.46. The highest BCUT2D eigenvalue weighted by Crippen LogP contribution is 2.22. The van der Waals surface area contributed by atoms with Crippen molar-refractivity contribution in [1.82, 2.24) is 19.6 Å². The van der Waals surface area contributed by atoms with Gasteiger partial charge in [-0.3, -0.25) is 24.3 Å². The average Bonchev–Trinajstić information content (AvgIpc) is 3.27. The molecule has 0 bridgehead atoms. The number of nitrogens with zero attached hydrogens (tertiary/aromatic N) is 5. The Morgan fingerprint density at radius 1 is 1.34 bits per heavy atom. The summed E-state index contributed by atoms with van der Waals surface area (Å²) in [4.78, 5) is 22.5. The van der Waals surface area contributed by atoms with Gasteiger partial charge in [0.1, 0.15) is 18.1 Å². The van der Waals surface area contributed by atoms with Gasteiger partial charge in [-0.2, -0.15) is 10.2 Å². The highest BCUT2D eigenvalue weighted by molar-refractivity contribution is 5.91. The van der Waals surface area contributed by atoms with Gasteiger partial charge in [0.2, 0.25) is 5.91 Å². The third-order valence-corrected chi connectivity index (χ3v) is 4.51. The van der Waals surface area contributed by atoms with E-state index in [-0.39, 0.29) is 24.6 Å². The maximum Gasteiger partial charge on any atom is 0.306 e. The molecule has 10 nitrogen and oxygen atoms in total. The van der Waals surface area contributed by atoms with E-state index in [2.05, 4.69) is 15.5 Å². The molecule has 0 aliphatic heterocycles. The Hall–Kier alpha value is -3.69. The van der Waals surface area contributed by atoms with Crippen molar-refractivity contribution >= 4 is 17.3 Å². The Morgan fingerprint density at radius 2 is 2.14 bits per heavy atom. The van der Waals surface area contributed by atoms with Crippen LogP contribution in [0.2, 0.25) is 0 Å². The van der Waals surface area contributed by atoms with Crippen LogP contribution in [0.15, 0.2) is 36.7 Å². The maximum absolute atomic E-state index is 12.3. The molecule has 0 radical (unpaired) electrons. The van der Waals surface area contributed by atoms with E-state index in [1.807, 2.05) is 42.8 Å². The van der Waals surface area contributed by atoms with Crippen LogP contribution in [0.3, 0.4) is 0 Å². The predicted octanol–water partition coefficient (Wildman–Crippen LogP) is 2.69. The maximum atomic E-state index is 12.3. The largest absolute Gasteiger partial charge is 0.497 e. The number of rotatable bonds is 8. The Kier molecular flexibility index (Phi) is 5.91. The quantitative estimate of drug-likeness (QED) is 0.460. The summed E-state index contributed by atoms with van der Waals surface area (Å²) in [6, 6.07) is 7.73. The summed E-state index contributed by atoms with van der Waals surface area (Å²) in [6.07, 6.45) is 2.60. The summed E-state index contributed by atoms with van der Waals surface area (Å²) in [7, 11) is 1.62. The molecule has 3 rings (SSSR count). The third kappa shape index (κ3) is 4.78. The number of nitrogens with one attached hydrogen (secondary N) is 1. The first kappa shape index (κ1) is 20.1. The lowest BCUT2D eigenvalue weighted by atomic mass is 10.2. The van der Waals surface area contributed by atoms with Crippen molar-refractivity contribution in [2.24, 2.45) is 0 Å². The number of anilines is 1. The summed E-state index contributed by atoms with van der Waals surface area (Å²) in [5, 5.41) is 22.0. The number of amides is 1. The number of hydrogen-bond donors (Lipinski definition) is 1. The molecule has 2 aromatic heterocycles. The fourth-order valence-electron chi connectivity index (χ4n) is 2.96. The molecule has 1 aromatic carbocycles. The Morgan fingerprint density at radius 3 is 2.83 bits per heavy atom. The van der Waals surface area contributed by atoms with Gasteiger partial charge in [-0.25, -0.2) is 0 Å². The number of aryl methyl sites for hydroxylation is 2. The van der Waals surface area contributed by atoms with E-state index in [4.69, 9.17) is 4.74 Å². The van der Waals surface area contributed by atoms with Gasteiger partial charge in [0.15, 0.2) is 0 Å². The SMILES string of the molecule is COc1cccc(Cn2nc(C)c(NC(=O)CCn3cc([N+](=O)[O-])cn3)c2C)c1. The lowest BCUT2D eigenvalue weighted by Gasteiger charge is -2.08. The van der Waals surface area contributed by atoms with Gasteiger partial charge in [-0.1, -0.05) is 12.1 Å². The third-order valence-electron chi connectivity index (χ3n) is 4.51. The molecule has 1 N–H and O–H groups in total. The van der Waals surface area contributed by atoms with Crippen LogP contribution in [0.5, 0.6) is 5.75 Å². The molecule has 0 aliphatic carbocycles. The van der Waals surface area contributed by atoms with Crippen molar-refractivity contribution in [3.05, 3.63) is 63.7 Å². The molecule has 0 unspecified atom stereocenters. The molecule has 0 fully saturated rings. The molecular weight excluding hydrogens is 376 g/mol. The zero-order valence-corrected chi connectivity index (χ0v) is 16.5. The highest BCUT2D eigenvalue weighted by Gasteiger charge is 2.15. The number of nitro groups is 1. The monoisotopic (exact) mass is 398 g/mol. The molecule has 0 saturated heterocycles. The Bertz CT molecular complexity index is 1040. The van der Waals surface area contributed by atoms with Crippen molar-refractivity contribution in [3.63, 3.8) is 0 Å². The first-order valence-electron chi connectivity index (χ1n) is 9.01. The number of carbonyl (C=O) groups excluding carboxylic acids is 1. The molecule has 0 atom stereocenters. The van der Waals surface area contributed by atoms with Gasteiger partial charge in [0.25, 0.3) is 0 Å². The fourth-order valence-corrected chi connectivity index (χ4v) is 2.96. The number of hydrogen-bond acceptors (Lipinski definition) is 6. The minimum absolute atomic E-state index is 0.101. The van der Waals surface area contributed by atoms with Crippen molar-refractivity contribution in [1.29, 1.82) is 0 Å². The van der Waals surface area contributed by atoms with Crippen LogP contribution in [0.1, 0.15) is 23.4 Å². The number of benzene rings is 1. The Balaban J connectivity index is 1.64. The van der Waals surface area contributed by atoms with Gasteiger partial charge in [0, 0.05) is 13.0 Å². The second-order valence-electron chi connectivity index (χ2n) is 6.57. The van der Waals surface area contributed by atoms with E-state index in [9.17, 15) is 14.9 Å². The van der Waals surface area contributed by atoms with Crippen molar-refractivity contribution in [2.45, 2.75) is 33.4 Å². The summed E-state index contributed by atoms with van der Waals surface area (Å²) >= 11 is 0. The number of aromatic nitrogens is 4. The van der Waals surface area contributed by atoms with E-state index in [1.54, 1.807) is 7.11 Å². The molecule has 3 aromatic rings. The highest BCUT2D eigenvalue weighted by atomic mass is 16.6. The topological polar surface area (TPSA) is 117 Å². The number of methoxy groups -OCH3 is 1. The van der Waals surface area contributed by atoms with Crippen molar-refractivity contribution in [2.75, 3.05) is 12.4 Å². The fraction of sp³-hybridized carbons (Fsp3) is 0.316. The second kappa shape index (κ2) is 8.55. The van der Waals surface area contributed by atoms with Crippen LogP contribution in [0.25, 0.3) is 0 Å². The zero-order chi connectivity index (χ0) is 21.0. The lowest BCUT2D eigenvalue weighted by Crippen LogP contribution is -2.15. The molecule has 10 heteroatoms. The van der Waals surface area contributed by atoms with E-state index in [0.717, 1.165) is 23.2 Å². The molecule has 0 saturated carbocycles. The van der Waals surface area contributed by atoms with Crippen LogP contribution in [0.4, 0.5) is 11.4 Å². The lowest BCUT2D eigenvalue weighted by molar-refractivity contribution is -0.385. The molecule has 0 spiro atoms. The van der Waals surface area contributed by atoms with E-state index >= 15 is 0 Å². The molecular formula is C19H22N6O4. The molecule has 2 heterocycles. The van der Waals surface area contributed by atoms with Crippen molar-refractivity contribution < 1.29 is 14.5 Å². The molecule has 152 valence electrons. The van der Waals surface area contributed by atoms with Crippen LogP contribution < -0.4 is 10.1 Å². The Labute approximate surface area is 167 Å². The molecule has 29 heavy (non-hydrogen) atoms. The van der Waals surface area contributed by atoms with Crippen LogP contribution >= 0.6 is 0 Å². The smallest absolute Gasteiger partial charge is 0.306 e. The number of ether oxygens (including phenoxy) is 1. The number of carbonyl (C=O) groups is 1. The summed E-state index contributed by atoms with van der Waals surface area (Å²) in [6.45, 7) is 4.53. The van der Waals surface area contributed by atoms with Gasteiger partial charge in [0.05, 0.1) is 35.7 Å². The summed E-state index contributed by atoms with van der Waals surface area (Å²) in [5.41, 5.74) is 3.16.